The summed E-state index contributed by atoms with van der Waals surface area (Å²) in [5, 5.41) is 40.6. The van der Waals surface area contributed by atoms with E-state index in [9.17, 15) is 29.0 Å². The second kappa shape index (κ2) is 14.7. The zero-order valence-corrected chi connectivity index (χ0v) is 24.1. The SMILES string of the molecule is CC(=O)CC(=N)CNC(=O)c1c(-c2ccccc2)c(-c2ccc(F)cc2)c(CC[C@@H](O)C[C@@H](O)CC(=O)O)n1C(C)C. The molecule has 9 nitrogen and oxygen atoms in total. The van der Waals surface area contributed by atoms with Crippen LogP contribution in [0.1, 0.15) is 68.7 Å². The van der Waals surface area contributed by atoms with Crippen molar-refractivity contribution in [1.82, 2.24) is 9.88 Å². The fourth-order valence-electron chi connectivity index (χ4n) is 5.14. The Labute approximate surface area is 244 Å². The normalized spacial score (nSPS) is 12.6. The molecule has 0 saturated carbocycles. The first-order chi connectivity index (χ1) is 19.9. The minimum atomic E-state index is -1.21. The van der Waals surface area contributed by atoms with Gasteiger partial charge in [0.05, 0.1) is 25.2 Å². The maximum absolute atomic E-state index is 14.0. The fraction of sp³-hybridized carbons (Fsp3) is 0.375. The predicted octanol–water partition coefficient (Wildman–Crippen LogP) is 4.79. The number of aliphatic hydroxyl groups is 2. The number of carbonyl (C=O) groups excluding carboxylic acids is 2. The highest BCUT2D eigenvalue weighted by molar-refractivity contribution is 6.07. The molecule has 0 aliphatic rings. The molecule has 2 atom stereocenters. The van der Waals surface area contributed by atoms with E-state index >= 15 is 0 Å². The number of nitrogens with one attached hydrogen (secondary N) is 2. The van der Waals surface area contributed by atoms with Crippen molar-refractivity contribution in [3.8, 4) is 22.3 Å². The van der Waals surface area contributed by atoms with Crippen molar-refractivity contribution in [1.29, 1.82) is 5.41 Å². The first-order valence-corrected chi connectivity index (χ1v) is 13.9. The minimum absolute atomic E-state index is 0.0711. The summed E-state index contributed by atoms with van der Waals surface area (Å²) in [4.78, 5) is 36.3. The summed E-state index contributed by atoms with van der Waals surface area (Å²) in [5.41, 5.74) is 3.76. The van der Waals surface area contributed by atoms with Crippen molar-refractivity contribution in [3.05, 3.63) is 71.8 Å². The van der Waals surface area contributed by atoms with Crippen LogP contribution in [0.5, 0.6) is 0 Å². The molecule has 3 rings (SSSR count). The molecule has 0 aliphatic heterocycles. The lowest BCUT2D eigenvalue weighted by Crippen LogP contribution is -2.32. The first-order valence-electron chi connectivity index (χ1n) is 13.9. The van der Waals surface area contributed by atoms with Crippen molar-refractivity contribution < 1.29 is 34.1 Å². The van der Waals surface area contributed by atoms with Crippen LogP contribution >= 0.6 is 0 Å². The maximum Gasteiger partial charge on any atom is 0.305 e. The van der Waals surface area contributed by atoms with E-state index in [1.807, 2.05) is 48.7 Å². The number of carbonyl (C=O) groups is 3. The molecule has 224 valence electrons. The van der Waals surface area contributed by atoms with E-state index in [-0.39, 0.29) is 49.8 Å². The highest BCUT2D eigenvalue weighted by Gasteiger charge is 2.30. The number of aliphatic hydroxyl groups excluding tert-OH is 2. The molecule has 1 amide bonds. The van der Waals surface area contributed by atoms with Gasteiger partial charge in [0, 0.05) is 35.0 Å². The van der Waals surface area contributed by atoms with Crippen LogP contribution in [-0.2, 0) is 16.0 Å². The van der Waals surface area contributed by atoms with Crippen LogP contribution in [0.25, 0.3) is 22.3 Å². The average molecular weight is 580 g/mol. The van der Waals surface area contributed by atoms with E-state index < -0.39 is 36.3 Å². The molecule has 42 heavy (non-hydrogen) atoms. The van der Waals surface area contributed by atoms with Gasteiger partial charge in [-0.2, -0.15) is 0 Å². The second-order valence-electron chi connectivity index (χ2n) is 10.7. The highest BCUT2D eigenvalue weighted by atomic mass is 19.1. The Morgan fingerprint density at radius 3 is 2.14 bits per heavy atom. The molecule has 0 bridgehead atoms. The minimum Gasteiger partial charge on any atom is -0.481 e. The Hall–Kier alpha value is -4.15. The number of amides is 1. The lowest BCUT2D eigenvalue weighted by atomic mass is 9.92. The van der Waals surface area contributed by atoms with Gasteiger partial charge in [0.25, 0.3) is 5.91 Å². The number of carboxylic acids is 1. The third kappa shape index (κ3) is 8.43. The van der Waals surface area contributed by atoms with Gasteiger partial charge >= 0.3 is 5.97 Å². The summed E-state index contributed by atoms with van der Waals surface area (Å²) in [5.74, 6) is -2.23. The molecule has 3 aromatic rings. The number of hydrogen-bond donors (Lipinski definition) is 5. The van der Waals surface area contributed by atoms with Crippen molar-refractivity contribution in [3.63, 3.8) is 0 Å². The number of benzene rings is 2. The average Bonchev–Trinajstić information content (AvgIpc) is 3.26. The first kappa shape index (κ1) is 32.4. The van der Waals surface area contributed by atoms with E-state index in [4.69, 9.17) is 10.5 Å². The van der Waals surface area contributed by atoms with Crippen molar-refractivity contribution >= 4 is 23.4 Å². The van der Waals surface area contributed by atoms with E-state index in [1.54, 1.807) is 12.1 Å². The molecular weight excluding hydrogens is 541 g/mol. The standard InChI is InChI=1S/C32H38FN3O6/c1-19(2)36-27(14-13-25(38)16-26(39)17-28(40)41)29(22-9-11-23(33)12-10-22)30(21-7-5-4-6-8-21)31(36)32(42)35-18-24(34)15-20(3)37/h4-12,19,25-26,34,38-39H,13-18H2,1-3H3,(H,35,42)(H,40,41)/t25-,26-/m1/s1. The van der Waals surface area contributed by atoms with Crippen LogP contribution in [-0.4, -0.2) is 62.0 Å². The Morgan fingerprint density at radius 2 is 1.57 bits per heavy atom. The number of halogens is 1. The van der Waals surface area contributed by atoms with Gasteiger partial charge in [0.1, 0.15) is 17.3 Å². The molecule has 0 saturated heterocycles. The molecule has 1 heterocycles. The van der Waals surface area contributed by atoms with Crippen molar-refractivity contribution in [2.24, 2.45) is 0 Å². The number of nitrogens with zero attached hydrogens (tertiary/aromatic N) is 1. The quantitative estimate of drug-likeness (QED) is 0.163. The summed E-state index contributed by atoms with van der Waals surface area (Å²) in [6.45, 7) is 5.09. The van der Waals surface area contributed by atoms with Gasteiger partial charge in [-0.3, -0.25) is 14.4 Å². The Kier molecular flexibility index (Phi) is 11.3. The Morgan fingerprint density at radius 1 is 0.952 bits per heavy atom. The molecule has 0 spiro atoms. The summed E-state index contributed by atoms with van der Waals surface area (Å²) in [6.07, 6.45) is -2.48. The monoisotopic (exact) mass is 579 g/mol. The van der Waals surface area contributed by atoms with Crippen LogP contribution in [0.2, 0.25) is 0 Å². The smallest absolute Gasteiger partial charge is 0.305 e. The lowest BCUT2D eigenvalue weighted by Gasteiger charge is -2.20. The molecular formula is C32H38FN3O6. The molecule has 10 heteroatoms. The number of hydrogen-bond acceptors (Lipinski definition) is 6. The number of aromatic nitrogens is 1. The van der Waals surface area contributed by atoms with Crippen molar-refractivity contribution in [2.75, 3.05) is 6.54 Å². The number of rotatable bonds is 15. The van der Waals surface area contributed by atoms with Crippen LogP contribution < -0.4 is 5.32 Å². The molecule has 0 unspecified atom stereocenters. The largest absolute Gasteiger partial charge is 0.481 e. The van der Waals surface area contributed by atoms with Crippen molar-refractivity contribution in [2.45, 2.75) is 71.1 Å². The molecule has 0 fully saturated rings. The predicted molar refractivity (Wildman–Crippen MR) is 158 cm³/mol. The van der Waals surface area contributed by atoms with Crippen LogP contribution in [0.3, 0.4) is 0 Å². The van der Waals surface area contributed by atoms with Gasteiger partial charge in [-0.1, -0.05) is 42.5 Å². The Balaban J connectivity index is 2.18. The summed E-state index contributed by atoms with van der Waals surface area (Å²) in [6, 6.07) is 15.0. The lowest BCUT2D eigenvalue weighted by molar-refractivity contribution is -0.139. The van der Waals surface area contributed by atoms with Crippen LogP contribution in [0.15, 0.2) is 54.6 Å². The van der Waals surface area contributed by atoms with Crippen LogP contribution in [0, 0.1) is 11.2 Å². The van der Waals surface area contributed by atoms with Gasteiger partial charge in [-0.05, 0) is 63.3 Å². The fourth-order valence-corrected chi connectivity index (χ4v) is 5.14. The summed E-state index contributed by atoms with van der Waals surface area (Å²) >= 11 is 0. The molecule has 5 N–H and O–H groups in total. The molecule has 1 aromatic heterocycles. The van der Waals surface area contributed by atoms with Crippen LogP contribution in [0.4, 0.5) is 4.39 Å². The summed E-state index contributed by atoms with van der Waals surface area (Å²) < 4.78 is 15.9. The van der Waals surface area contributed by atoms with E-state index in [1.165, 1.54) is 19.1 Å². The maximum atomic E-state index is 14.0. The number of carboxylic acid groups (broad SMARTS) is 1. The van der Waals surface area contributed by atoms with E-state index in [2.05, 4.69) is 5.32 Å². The Bertz CT molecular complexity index is 1420. The molecule has 0 aliphatic carbocycles. The van der Waals surface area contributed by atoms with Gasteiger partial charge < -0.3 is 30.6 Å². The highest BCUT2D eigenvalue weighted by Crippen LogP contribution is 2.42. The third-order valence-electron chi connectivity index (χ3n) is 6.83. The number of Topliss-reactive ketones (excluding diaryl/α,β-unsaturated/α-hetero) is 1. The van der Waals surface area contributed by atoms with Gasteiger partial charge in [-0.25, -0.2) is 4.39 Å². The topological polar surface area (TPSA) is 153 Å². The third-order valence-corrected chi connectivity index (χ3v) is 6.83. The zero-order valence-electron chi connectivity index (χ0n) is 24.1. The van der Waals surface area contributed by atoms with Gasteiger partial charge in [-0.15, -0.1) is 0 Å². The van der Waals surface area contributed by atoms with Gasteiger partial charge in [0.15, 0.2) is 0 Å². The number of aliphatic carboxylic acids is 1. The zero-order chi connectivity index (χ0) is 31.0. The van der Waals surface area contributed by atoms with E-state index in [0.29, 0.717) is 28.1 Å². The molecule has 0 radical (unpaired) electrons. The molecule has 2 aromatic carbocycles. The van der Waals surface area contributed by atoms with E-state index in [0.717, 1.165) is 5.56 Å². The second-order valence-corrected chi connectivity index (χ2v) is 10.7. The summed E-state index contributed by atoms with van der Waals surface area (Å²) in [7, 11) is 0. The van der Waals surface area contributed by atoms with Gasteiger partial charge in [0.2, 0.25) is 0 Å². The number of ketones is 1.